The minimum Gasteiger partial charge on any atom is -0.490 e. The normalized spacial score (nSPS) is 34.6. The van der Waals surface area contributed by atoms with Gasteiger partial charge in [-0.1, -0.05) is 30.7 Å². The number of nitrogens with one attached hydrogen (secondary N) is 1. The second kappa shape index (κ2) is 13.7. The summed E-state index contributed by atoms with van der Waals surface area (Å²) >= 11 is 6.44. The van der Waals surface area contributed by atoms with Gasteiger partial charge in [0.1, 0.15) is 17.6 Å². The van der Waals surface area contributed by atoms with Crippen molar-refractivity contribution in [3.63, 3.8) is 0 Å². The Morgan fingerprint density at radius 2 is 1.83 bits per heavy atom. The molecule has 4 heterocycles. The van der Waals surface area contributed by atoms with Crippen molar-refractivity contribution in [1.29, 1.82) is 0 Å². The number of amides is 2. The van der Waals surface area contributed by atoms with Crippen LogP contribution in [0.2, 0.25) is 5.02 Å². The number of carbonyl (C=O) groups excluding carboxylic acids is 2. The van der Waals surface area contributed by atoms with Gasteiger partial charge in [-0.2, -0.15) is 0 Å². The Morgan fingerprint density at radius 1 is 1.04 bits per heavy atom. The Kier molecular flexibility index (Phi) is 9.56. The van der Waals surface area contributed by atoms with Crippen LogP contribution in [0.4, 0.5) is 18.9 Å². The molecule has 292 valence electrons. The zero-order valence-corrected chi connectivity index (χ0v) is 32.3. The van der Waals surface area contributed by atoms with E-state index in [4.69, 9.17) is 16.3 Å². The molecule has 2 saturated heterocycles. The predicted molar refractivity (Wildman–Crippen MR) is 200 cm³/mol. The standard InChI is InChI=1S/C40H48ClF3N4O5S/c1-25-8-12-32(42)35(37(50)46-16-5-15-39(23-46)21-40(39,43)44)48-17-4-7-30(48)20-47-22-38(14-3-6-27-18-29(41)10-11-31(27)38)24-53-34-13-9-28(19-33(34)47)36(49)45-54(51,52)26(25)2/h9-13,18-19,25-26,30,35H,3-8,14-17,20-24H2,1-2H3,(H,45,49)/b32-12-/t25-,26+,30-,35+,38-,39?/m0/s1. The number of rotatable bonds is 1. The fourth-order valence-electron chi connectivity index (χ4n) is 9.83. The van der Waals surface area contributed by atoms with Gasteiger partial charge in [0.15, 0.2) is 0 Å². The summed E-state index contributed by atoms with van der Waals surface area (Å²) in [6.45, 7) is 4.91. The Bertz CT molecular complexity index is 2000. The minimum absolute atomic E-state index is 0.0132. The van der Waals surface area contributed by atoms with Crippen molar-refractivity contribution in [1.82, 2.24) is 14.5 Å². The highest BCUT2D eigenvalue weighted by molar-refractivity contribution is 7.90. The quantitative estimate of drug-likeness (QED) is 0.347. The predicted octanol–water partition coefficient (Wildman–Crippen LogP) is 6.64. The van der Waals surface area contributed by atoms with Gasteiger partial charge in [-0.3, -0.25) is 14.5 Å². The van der Waals surface area contributed by atoms with E-state index in [-0.39, 0.29) is 37.5 Å². The van der Waals surface area contributed by atoms with Crippen LogP contribution in [0.25, 0.3) is 0 Å². The Morgan fingerprint density at radius 3 is 2.61 bits per heavy atom. The van der Waals surface area contributed by atoms with Gasteiger partial charge in [0.05, 0.1) is 23.0 Å². The maximum Gasteiger partial charge on any atom is 0.264 e. The molecular formula is C40H48ClF3N4O5S. The summed E-state index contributed by atoms with van der Waals surface area (Å²) in [4.78, 5) is 33.6. The van der Waals surface area contributed by atoms with Crippen molar-refractivity contribution >= 4 is 39.1 Å². The summed E-state index contributed by atoms with van der Waals surface area (Å²) in [5.41, 5.74) is 1.32. The second-order valence-corrected chi connectivity index (χ2v) is 19.2. The first-order valence-electron chi connectivity index (χ1n) is 19.3. The van der Waals surface area contributed by atoms with Crippen molar-refractivity contribution in [2.75, 3.05) is 44.2 Å². The molecule has 54 heavy (non-hydrogen) atoms. The van der Waals surface area contributed by atoms with E-state index in [0.717, 1.165) is 30.4 Å². The van der Waals surface area contributed by atoms with E-state index >= 15 is 4.39 Å². The molecule has 2 aliphatic carbocycles. The van der Waals surface area contributed by atoms with E-state index in [2.05, 4.69) is 15.7 Å². The molecule has 2 aromatic carbocycles. The summed E-state index contributed by atoms with van der Waals surface area (Å²) < 4.78 is 81.9. The number of carbonyl (C=O) groups is 2. The van der Waals surface area contributed by atoms with Crippen LogP contribution in [0.5, 0.6) is 5.75 Å². The smallest absolute Gasteiger partial charge is 0.264 e. The molecule has 2 aromatic rings. The van der Waals surface area contributed by atoms with Crippen LogP contribution in [-0.2, 0) is 26.7 Å². The number of alkyl halides is 2. The van der Waals surface area contributed by atoms with E-state index in [1.165, 1.54) is 17.9 Å². The van der Waals surface area contributed by atoms with E-state index in [1.54, 1.807) is 25.1 Å². The molecule has 2 spiro atoms. The number of piperidine rings is 1. The van der Waals surface area contributed by atoms with Crippen LogP contribution >= 0.6 is 11.6 Å². The van der Waals surface area contributed by atoms with Gasteiger partial charge in [-0.05, 0) is 112 Å². The van der Waals surface area contributed by atoms with Crippen LogP contribution < -0.4 is 14.4 Å². The third kappa shape index (κ3) is 6.59. The number of ether oxygens (including phenoxy) is 1. The number of allylic oxidation sites excluding steroid dienone is 1. The summed E-state index contributed by atoms with van der Waals surface area (Å²) in [5.74, 6) is -4.95. The largest absolute Gasteiger partial charge is 0.490 e. The monoisotopic (exact) mass is 788 g/mol. The molecule has 9 nitrogen and oxygen atoms in total. The molecule has 1 N–H and O–H groups in total. The highest BCUT2D eigenvalue weighted by atomic mass is 35.5. The molecule has 8 rings (SSSR count). The van der Waals surface area contributed by atoms with Crippen molar-refractivity contribution in [3.05, 3.63) is 70.0 Å². The van der Waals surface area contributed by atoms with Gasteiger partial charge in [-0.25, -0.2) is 26.3 Å². The molecule has 0 radical (unpaired) electrons. The highest BCUT2D eigenvalue weighted by Gasteiger charge is 2.71. The summed E-state index contributed by atoms with van der Waals surface area (Å²) in [5, 5.41) is -0.424. The fraction of sp³-hybridized carbons (Fsp3) is 0.600. The van der Waals surface area contributed by atoms with Gasteiger partial charge < -0.3 is 14.5 Å². The zero-order valence-electron chi connectivity index (χ0n) is 30.8. The SMILES string of the molecule is C[C@@H]1[C@@H](C)C/C=C(\F)[C@H](C(=O)N2CCCC3(C2)CC3(F)F)N2CCC[C@H]2CN2C[C@@]3(CCCc4cc(Cl)ccc43)COc3ccc(cc32)C(=O)NS1(=O)=O. The number of fused-ring (bicyclic) bond motifs is 4. The molecular weight excluding hydrogens is 741 g/mol. The zero-order chi connectivity index (χ0) is 38.2. The average molecular weight is 789 g/mol. The van der Waals surface area contributed by atoms with Gasteiger partial charge >= 0.3 is 0 Å². The Labute approximate surface area is 320 Å². The van der Waals surface area contributed by atoms with Gasteiger partial charge in [0.25, 0.3) is 11.8 Å². The van der Waals surface area contributed by atoms with Gasteiger partial charge in [0.2, 0.25) is 15.9 Å². The molecule has 2 bridgehead atoms. The number of likely N-dealkylation sites (tertiary alicyclic amines) is 1. The second-order valence-electron chi connectivity index (χ2n) is 16.7. The number of halogens is 4. The maximum atomic E-state index is 16.9. The molecule has 1 unspecified atom stereocenters. The molecule has 2 amide bonds. The van der Waals surface area contributed by atoms with E-state index in [9.17, 15) is 26.8 Å². The first kappa shape index (κ1) is 37.6. The van der Waals surface area contributed by atoms with Crippen molar-refractivity contribution in [2.45, 2.75) is 100 Å². The molecule has 1 saturated carbocycles. The first-order chi connectivity index (χ1) is 25.6. The molecule has 4 aliphatic heterocycles. The van der Waals surface area contributed by atoms with E-state index in [0.29, 0.717) is 68.4 Å². The first-order valence-corrected chi connectivity index (χ1v) is 21.2. The Balaban J connectivity index is 1.22. The number of hydrogen-bond acceptors (Lipinski definition) is 7. The topological polar surface area (TPSA) is 99.3 Å². The lowest BCUT2D eigenvalue weighted by atomic mass is 9.70. The van der Waals surface area contributed by atoms with Crippen molar-refractivity contribution in [2.24, 2.45) is 11.3 Å². The lowest BCUT2D eigenvalue weighted by molar-refractivity contribution is -0.139. The van der Waals surface area contributed by atoms with Crippen LogP contribution in [0, 0.1) is 11.3 Å². The van der Waals surface area contributed by atoms with Crippen molar-refractivity contribution in [3.8, 4) is 5.75 Å². The molecule has 6 atom stereocenters. The minimum atomic E-state index is -4.20. The summed E-state index contributed by atoms with van der Waals surface area (Å²) in [6, 6.07) is 9.23. The van der Waals surface area contributed by atoms with Gasteiger partial charge in [0, 0.05) is 54.6 Å². The number of anilines is 1. The molecule has 14 heteroatoms. The van der Waals surface area contributed by atoms with Crippen LogP contribution in [0.1, 0.15) is 86.7 Å². The molecule has 0 aromatic heterocycles. The Hall–Kier alpha value is -3.29. The number of nitrogens with zero attached hydrogens (tertiary/aromatic N) is 3. The van der Waals surface area contributed by atoms with E-state index < -0.39 is 61.6 Å². The average Bonchev–Trinajstić information content (AvgIpc) is 3.42. The van der Waals surface area contributed by atoms with Crippen LogP contribution in [0.15, 0.2) is 48.3 Å². The molecule has 6 aliphatic rings. The van der Waals surface area contributed by atoms with Gasteiger partial charge in [-0.15, -0.1) is 0 Å². The van der Waals surface area contributed by atoms with Crippen LogP contribution in [0.3, 0.4) is 0 Å². The summed E-state index contributed by atoms with van der Waals surface area (Å²) in [7, 11) is -4.20. The van der Waals surface area contributed by atoms with Crippen LogP contribution in [-0.4, -0.2) is 92.6 Å². The number of hydrogen-bond donors (Lipinski definition) is 1. The molecule has 3 fully saturated rings. The fourth-order valence-corrected chi connectivity index (χ4v) is 11.3. The summed E-state index contributed by atoms with van der Waals surface area (Å²) in [6.07, 6.45) is 5.71. The third-order valence-corrected chi connectivity index (χ3v) is 15.4. The van der Waals surface area contributed by atoms with Crippen molar-refractivity contribution < 1.29 is 35.9 Å². The third-order valence-electron chi connectivity index (χ3n) is 13.3. The number of aryl methyl sites for hydroxylation is 1. The number of sulfonamides is 1. The maximum absolute atomic E-state index is 16.9. The highest BCUT2D eigenvalue weighted by Crippen LogP contribution is 2.64. The lowest BCUT2D eigenvalue weighted by Gasteiger charge is -2.43. The number of benzene rings is 2. The lowest BCUT2D eigenvalue weighted by Crippen LogP contribution is -2.56. The van der Waals surface area contributed by atoms with E-state index in [1.807, 2.05) is 17.0 Å².